The van der Waals surface area contributed by atoms with E-state index in [2.05, 4.69) is 46.1 Å². The summed E-state index contributed by atoms with van der Waals surface area (Å²) in [5, 5.41) is 17.8. The molecule has 7 aliphatic heterocycles. The van der Waals surface area contributed by atoms with Crippen LogP contribution in [-0.4, -0.2) is 143 Å². The van der Waals surface area contributed by atoms with Crippen molar-refractivity contribution in [2.75, 3.05) is 81.9 Å². The first-order valence-corrected chi connectivity index (χ1v) is 25.4. The van der Waals surface area contributed by atoms with Crippen LogP contribution in [0.25, 0.3) is 32.9 Å². The highest BCUT2D eigenvalue weighted by molar-refractivity contribution is 6.06. The molecule has 15 nitrogen and oxygen atoms in total. The first-order chi connectivity index (χ1) is 34.8. The first-order valence-electron chi connectivity index (χ1n) is 25.4. The van der Waals surface area contributed by atoms with Crippen molar-refractivity contribution in [1.82, 2.24) is 40.3 Å². The lowest BCUT2D eigenvalue weighted by atomic mass is 9.71. The third-order valence-corrected chi connectivity index (χ3v) is 16.7. The monoisotopic (exact) mass is 982 g/mol. The van der Waals surface area contributed by atoms with Gasteiger partial charge in [0.1, 0.15) is 41.2 Å². The number of halogens is 3. The maximum atomic E-state index is 17.0. The lowest BCUT2D eigenvalue weighted by Gasteiger charge is -2.55. The predicted molar refractivity (Wildman–Crippen MR) is 264 cm³/mol. The molecule has 374 valence electrons. The molecule has 6 saturated heterocycles. The smallest absolute Gasteiger partial charge is 0.319 e. The summed E-state index contributed by atoms with van der Waals surface area (Å²) in [6.07, 6.45) is 13.8. The summed E-state index contributed by atoms with van der Waals surface area (Å²) in [6, 6.07) is 7.15. The number of piperidine rings is 3. The Bertz CT molecular complexity index is 3090. The Morgan fingerprint density at radius 2 is 1.68 bits per heavy atom. The summed E-state index contributed by atoms with van der Waals surface area (Å²) in [4.78, 5) is 62.5. The summed E-state index contributed by atoms with van der Waals surface area (Å²) in [6.45, 7) is 10.6. The second kappa shape index (κ2) is 18.2. The number of hydrogen-bond donors (Lipinski definition) is 3. The number of hydrogen-bond acceptors (Lipinski definition) is 13. The Morgan fingerprint density at radius 3 is 2.42 bits per heavy atom. The minimum Gasteiger partial charge on any atom is -0.508 e. The van der Waals surface area contributed by atoms with Crippen LogP contribution in [0.4, 0.5) is 24.7 Å². The molecular weight excluding hydrogens is 926 g/mol. The lowest BCUT2D eigenvalue weighted by molar-refractivity contribution is -0.136. The summed E-state index contributed by atoms with van der Waals surface area (Å²) < 4.78 is 54.6. The normalized spacial score (nSPS) is 23.5. The van der Waals surface area contributed by atoms with Crippen molar-refractivity contribution < 1.29 is 37.4 Å². The fraction of sp³-hybridized carbons (Fsp3) is 0.481. The van der Waals surface area contributed by atoms with Gasteiger partial charge in [-0.05, 0) is 112 Å². The molecule has 3 atom stereocenters. The van der Waals surface area contributed by atoms with Crippen molar-refractivity contribution in [1.29, 1.82) is 0 Å². The number of nitrogens with one attached hydrogen (secondary N) is 2. The van der Waals surface area contributed by atoms with E-state index in [1.165, 1.54) is 29.2 Å². The molecule has 2 bridgehead atoms. The van der Waals surface area contributed by atoms with E-state index in [0.717, 1.165) is 84.3 Å². The number of rotatable bonds is 10. The Hall–Kier alpha value is -6.55. The molecule has 72 heavy (non-hydrogen) atoms. The highest BCUT2D eigenvalue weighted by Crippen LogP contribution is 2.45. The van der Waals surface area contributed by atoms with Crippen molar-refractivity contribution in [3.05, 3.63) is 76.2 Å². The van der Waals surface area contributed by atoms with Crippen molar-refractivity contribution in [3.63, 3.8) is 0 Å². The molecule has 3 amide bonds. The number of phenolic OH excluding ortho intramolecular Hbond substituents is 1. The number of benzene rings is 3. The molecule has 0 radical (unpaired) electrons. The molecule has 7 aliphatic rings. The molecule has 5 aromatic rings. The Labute approximate surface area is 415 Å². The van der Waals surface area contributed by atoms with E-state index < -0.39 is 23.6 Å². The minimum atomic E-state index is -0.787. The molecule has 9 heterocycles. The number of ether oxygens (including phenoxy) is 1. The number of piperazine rings is 1. The van der Waals surface area contributed by atoms with Crippen molar-refractivity contribution >= 4 is 50.9 Å². The van der Waals surface area contributed by atoms with Gasteiger partial charge in [0.2, 0.25) is 11.8 Å². The molecule has 18 heteroatoms. The second-order valence-electron chi connectivity index (χ2n) is 21.3. The molecule has 12 rings (SSSR count). The zero-order valence-electron chi connectivity index (χ0n) is 40.3. The van der Waals surface area contributed by atoms with Gasteiger partial charge in [0, 0.05) is 93.6 Å². The highest BCUT2D eigenvalue weighted by Gasteiger charge is 2.47. The first kappa shape index (κ1) is 46.5. The van der Waals surface area contributed by atoms with Gasteiger partial charge < -0.3 is 34.8 Å². The molecule has 1 spiro atoms. The number of imide groups is 1. The average molecular weight is 983 g/mol. The number of fused-ring (bicyclic) bond motifs is 5. The van der Waals surface area contributed by atoms with Gasteiger partial charge in [-0.15, -0.1) is 6.42 Å². The number of pyridine rings is 1. The fourth-order valence-electron chi connectivity index (χ4n) is 13.0. The molecule has 3 unspecified atom stereocenters. The van der Waals surface area contributed by atoms with Crippen molar-refractivity contribution in [3.8, 4) is 35.4 Å². The number of terminal acetylenes is 1. The SMILES string of the molecule is C#Cc1c(F)ccc2cc(O)cc(-c3ncc4c(N5CC6CCC(C5)N6)nc(OCCN5CCC(CN6CC7(CCN(c8cc(C)c9c(c8F)CN(C8CCC(=O)NC8=O)C9=O)CC7)C6)CC5)nc4c3F)c12. The topological polar surface area (TPSA) is 160 Å². The van der Waals surface area contributed by atoms with Gasteiger partial charge in [0.15, 0.2) is 11.6 Å². The van der Waals surface area contributed by atoms with Crippen LogP contribution in [0.5, 0.6) is 11.8 Å². The number of aromatic nitrogens is 3. The summed E-state index contributed by atoms with van der Waals surface area (Å²) in [5.41, 5.74) is 2.11. The number of carbonyl (C=O) groups is 3. The van der Waals surface area contributed by atoms with E-state index in [9.17, 15) is 19.5 Å². The molecule has 6 fully saturated rings. The number of anilines is 2. The van der Waals surface area contributed by atoms with Gasteiger partial charge in [0.05, 0.1) is 28.7 Å². The maximum Gasteiger partial charge on any atom is 0.319 e. The molecule has 0 saturated carbocycles. The third kappa shape index (κ3) is 8.23. The summed E-state index contributed by atoms with van der Waals surface area (Å²) in [5.74, 6) is 0.392. The van der Waals surface area contributed by atoms with Gasteiger partial charge in [0.25, 0.3) is 5.91 Å². The maximum absolute atomic E-state index is 17.0. The van der Waals surface area contributed by atoms with Crippen LogP contribution >= 0.6 is 0 Å². The number of aromatic hydroxyl groups is 1. The van der Waals surface area contributed by atoms with Crippen LogP contribution in [0.1, 0.15) is 78.4 Å². The summed E-state index contributed by atoms with van der Waals surface area (Å²) >= 11 is 0. The van der Waals surface area contributed by atoms with Crippen molar-refractivity contribution in [2.45, 2.75) is 83.0 Å². The quantitative estimate of drug-likeness (QED) is 0.117. The third-order valence-electron chi connectivity index (χ3n) is 16.7. The lowest BCUT2D eigenvalue weighted by Crippen LogP contribution is -2.61. The van der Waals surface area contributed by atoms with Gasteiger partial charge in [-0.25, -0.2) is 13.2 Å². The number of aryl methyl sites for hydroxylation is 1. The van der Waals surface area contributed by atoms with Gasteiger partial charge >= 0.3 is 6.01 Å². The number of phenols is 1. The minimum absolute atomic E-state index is 0.0172. The molecule has 3 N–H and O–H groups in total. The van der Waals surface area contributed by atoms with Crippen LogP contribution < -0.4 is 25.2 Å². The fourth-order valence-corrected chi connectivity index (χ4v) is 13.0. The van der Waals surface area contributed by atoms with E-state index >= 15 is 13.2 Å². The molecule has 0 aliphatic carbocycles. The van der Waals surface area contributed by atoms with Crippen LogP contribution in [0.15, 0.2) is 36.5 Å². The largest absolute Gasteiger partial charge is 0.508 e. The predicted octanol–water partition coefficient (Wildman–Crippen LogP) is 5.65. The van der Waals surface area contributed by atoms with Crippen LogP contribution in [0, 0.1) is 48.1 Å². The Balaban J connectivity index is 0.660. The Morgan fingerprint density at radius 1 is 0.917 bits per heavy atom. The standard InChI is InChI=1S/C54H57F3N10O5/c1-3-36-40(55)7-4-32-21-35(68)22-37(45(32)36)48-47(57)49-38(23-58-48)50(66-25-33-5-6-34(26-66)59-33)62-53(61-49)72-19-18-63-14-10-31(11-15-63)24-64-28-54(29-64)12-16-65(17-13-54)42-20-30(2)44-39(46(42)56)27-67(52(44)71)41-8-9-43(69)60-51(41)70/h1,4,7,20-23,31,33-34,41,59,68H,5-6,8-19,24-29H2,2H3,(H,60,69,70). The van der Waals surface area contributed by atoms with E-state index in [-0.39, 0.29) is 94.0 Å². The second-order valence-corrected chi connectivity index (χ2v) is 21.3. The van der Waals surface area contributed by atoms with Gasteiger partial charge in [-0.1, -0.05) is 12.0 Å². The van der Waals surface area contributed by atoms with Crippen LogP contribution in [-0.2, 0) is 16.1 Å². The number of likely N-dealkylation sites (tertiary alicyclic amines) is 2. The zero-order valence-corrected chi connectivity index (χ0v) is 40.3. The zero-order chi connectivity index (χ0) is 49.6. The molecular formula is C54H57F3N10O5. The van der Waals surface area contributed by atoms with E-state index in [4.69, 9.17) is 16.1 Å². The van der Waals surface area contributed by atoms with E-state index in [1.807, 2.05) is 6.92 Å². The average Bonchev–Trinajstić information content (AvgIpc) is 3.89. The summed E-state index contributed by atoms with van der Waals surface area (Å²) in [7, 11) is 0. The number of amides is 3. The van der Waals surface area contributed by atoms with Crippen LogP contribution in [0.2, 0.25) is 0 Å². The molecule has 2 aromatic heterocycles. The highest BCUT2D eigenvalue weighted by atomic mass is 19.1. The van der Waals surface area contributed by atoms with Crippen molar-refractivity contribution in [2.24, 2.45) is 11.3 Å². The molecule has 3 aromatic carbocycles. The number of nitrogens with zero attached hydrogens (tertiary/aromatic N) is 8. The van der Waals surface area contributed by atoms with Gasteiger partial charge in [-0.3, -0.25) is 29.6 Å². The van der Waals surface area contributed by atoms with Gasteiger partial charge in [-0.2, -0.15) is 9.97 Å². The van der Waals surface area contributed by atoms with E-state index in [0.29, 0.717) is 71.1 Å². The van der Waals surface area contributed by atoms with Crippen LogP contribution in [0.3, 0.4) is 0 Å². The number of carbonyl (C=O) groups excluding carboxylic acids is 3. The van der Waals surface area contributed by atoms with E-state index in [1.54, 1.807) is 12.3 Å². The Kier molecular flexibility index (Phi) is 11.7.